The highest BCUT2D eigenvalue weighted by Gasteiger charge is 2.11. The fraction of sp³-hybridized carbons (Fsp3) is 0.0588. The van der Waals surface area contributed by atoms with E-state index in [2.05, 4.69) is 10.3 Å². The average Bonchev–Trinajstić information content (AvgIpc) is 3.04. The van der Waals surface area contributed by atoms with Gasteiger partial charge in [0, 0.05) is 12.1 Å². The molecule has 0 radical (unpaired) electrons. The molecule has 0 unspecified atom stereocenters. The Bertz CT molecular complexity index is 723. The number of thiazole rings is 1. The molecule has 21 heavy (non-hydrogen) atoms. The summed E-state index contributed by atoms with van der Waals surface area (Å²) in [6.07, 6.45) is 1.63. The molecule has 1 aromatic heterocycles. The summed E-state index contributed by atoms with van der Waals surface area (Å²) in [6.45, 7) is 0.526. The first kappa shape index (κ1) is 13.5. The van der Waals surface area contributed by atoms with Crippen molar-refractivity contribution in [1.82, 2.24) is 10.3 Å². The summed E-state index contributed by atoms with van der Waals surface area (Å²) < 4.78 is 0. The molecule has 3 aromatic rings. The van der Waals surface area contributed by atoms with E-state index in [1.165, 1.54) is 11.3 Å². The summed E-state index contributed by atoms with van der Waals surface area (Å²) in [7, 11) is 0. The molecule has 1 heterocycles. The van der Waals surface area contributed by atoms with Crippen molar-refractivity contribution in [3.8, 4) is 10.6 Å². The molecule has 0 spiro atoms. The maximum Gasteiger partial charge on any atom is 0.263 e. The maximum atomic E-state index is 12.1. The van der Waals surface area contributed by atoms with Crippen molar-refractivity contribution in [2.45, 2.75) is 6.54 Å². The van der Waals surface area contributed by atoms with Gasteiger partial charge in [-0.05, 0) is 5.56 Å². The van der Waals surface area contributed by atoms with Crippen molar-refractivity contribution in [2.75, 3.05) is 0 Å². The van der Waals surface area contributed by atoms with Gasteiger partial charge in [0.1, 0.15) is 9.88 Å². The van der Waals surface area contributed by atoms with Crippen molar-refractivity contribution in [2.24, 2.45) is 0 Å². The Morgan fingerprint density at radius 2 is 1.67 bits per heavy atom. The standard InChI is InChI=1S/C17H14N2OS/c20-16(18-11-13-7-3-1-4-8-13)15-12-19-17(21-15)14-9-5-2-6-10-14/h1-10,12H,11H2,(H,18,20). The van der Waals surface area contributed by atoms with Gasteiger partial charge in [0.25, 0.3) is 5.91 Å². The van der Waals surface area contributed by atoms with E-state index in [1.807, 2.05) is 60.7 Å². The zero-order valence-electron chi connectivity index (χ0n) is 11.3. The maximum absolute atomic E-state index is 12.1. The Kier molecular flexibility index (Phi) is 4.07. The van der Waals surface area contributed by atoms with Crippen molar-refractivity contribution >= 4 is 17.2 Å². The summed E-state index contributed by atoms with van der Waals surface area (Å²) in [6, 6.07) is 19.7. The lowest BCUT2D eigenvalue weighted by molar-refractivity contribution is 0.0955. The summed E-state index contributed by atoms with van der Waals surface area (Å²) in [5.41, 5.74) is 2.11. The summed E-state index contributed by atoms with van der Waals surface area (Å²) in [4.78, 5) is 17.1. The minimum Gasteiger partial charge on any atom is -0.347 e. The van der Waals surface area contributed by atoms with E-state index in [0.717, 1.165) is 16.1 Å². The summed E-state index contributed by atoms with van der Waals surface area (Å²) in [5.74, 6) is -0.0847. The monoisotopic (exact) mass is 294 g/mol. The number of benzene rings is 2. The van der Waals surface area contributed by atoms with E-state index in [4.69, 9.17) is 0 Å². The number of hydrogen-bond donors (Lipinski definition) is 1. The van der Waals surface area contributed by atoms with Crippen molar-refractivity contribution in [1.29, 1.82) is 0 Å². The molecule has 0 bridgehead atoms. The first-order valence-corrected chi connectivity index (χ1v) is 7.48. The molecule has 2 aromatic carbocycles. The summed E-state index contributed by atoms with van der Waals surface area (Å²) in [5, 5.41) is 3.77. The Hall–Kier alpha value is -2.46. The smallest absolute Gasteiger partial charge is 0.263 e. The Labute approximate surface area is 127 Å². The number of carbonyl (C=O) groups excluding carboxylic acids is 1. The fourth-order valence-electron chi connectivity index (χ4n) is 1.96. The van der Waals surface area contributed by atoms with E-state index in [1.54, 1.807) is 6.20 Å². The molecule has 104 valence electrons. The lowest BCUT2D eigenvalue weighted by Crippen LogP contribution is -2.21. The average molecular weight is 294 g/mol. The number of amides is 1. The van der Waals surface area contributed by atoms with Crippen molar-refractivity contribution < 1.29 is 4.79 Å². The Morgan fingerprint density at radius 3 is 2.38 bits per heavy atom. The molecule has 1 amide bonds. The summed E-state index contributed by atoms with van der Waals surface area (Å²) >= 11 is 1.41. The van der Waals surface area contributed by atoms with Gasteiger partial charge in [-0.3, -0.25) is 4.79 Å². The van der Waals surface area contributed by atoms with Gasteiger partial charge in [-0.1, -0.05) is 60.7 Å². The molecule has 0 atom stereocenters. The van der Waals surface area contributed by atoms with Gasteiger partial charge < -0.3 is 5.32 Å². The number of nitrogens with zero attached hydrogens (tertiary/aromatic N) is 1. The highest BCUT2D eigenvalue weighted by molar-refractivity contribution is 7.16. The molecule has 0 fully saturated rings. The van der Waals surface area contributed by atoms with Crippen LogP contribution < -0.4 is 5.32 Å². The Morgan fingerprint density at radius 1 is 1.00 bits per heavy atom. The number of nitrogens with one attached hydrogen (secondary N) is 1. The van der Waals surface area contributed by atoms with Crippen LogP contribution in [0.5, 0.6) is 0 Å². The zero-order chi connectivity index (χ0) is 14.5. The predicted molar refractivity (Wildman–Crippen MR) is 85.2 cm³/mol. The third-order valence-electron chi connectivity index (χ3n) is 3.05. The highest BCUT2D eigenvalue weighted by atomic mass is 32.1. The lowest BCUT2D eigenvalue weighted by atomic mass is 10.2. The van der Waals surface area contributed by atoms with Crippen molar-refractivity contribution in [3.05, 3.63) is 77.3 Å². The predicted octanol–water partition coefficient (Wildman–Crippen LogP) is 3.74. The van der Waals surface area contributed by atoms with Gasteiger partial charge >= 0.3 is 0 Å². The van der Waals surface area contributed by atoms with E-state index >= 15 is 0 Å². The minimum absolute atomic E-state index is 0.0847. The first-order valence-electron chi connectivity index (χ1n) is 6.66. The third kappa shape index (κ3) is 3.35. The van der Waals surface area contributed by atoms with Crippen LogP contribution in [0.15, 0.2) is 66.9 Å². The van der Waals surface area contributed by atoms with E-state index in [9.17, 15) is 4.79 Å². The van der Waals surface area contributed by atoms with Gasteiger partial charge in [0.15, 0.2) is 0 Å². The van der Waals surface area contributed by atoms with Gasteiger partial charge in [0.2, 0.25) is 0 Å². The van der Waals surface area contributed by atoms with Crippen molar-refractivity contribution in [3.63, 3.8) is 0 Å². The van der Waals surface area contributed by atoms with Crippen LogP contribution in [-0.2, 0) is 6.54 Å². The van der Waals surface area contributed by atoms with Crippen LogP contribution in [0.25, 0.3) is 10.6 Å². The van der Waals surface area contributed by atoms with Gasteiger partial charge in [-0.2, -0.15) is 0 Å². The molecule has 0 aliphatic carbocycles. The molecule has 3 rings (SSSR count). The van der Waals surface area contributed by atoms with Crippen LogP contribution in [-0.4, -0.2) is 10.9 Å². The van der Waals surface area contributed by atoms with Crippen LogP contribution in [0.3, 0.4) is 0 Å². The topological polar surface area (TPSA) is 42.0 Å². The first-order chi connectivity index (χ1) is 10.3. The molecule has 3 nitrogen and oxygen atoms in total. The molecule has 0 aliphatic heterocycles. The molecular weight excluding hydrogens is 280 g/mol. The highest BCUT2D eigenvalue weighted by Crippen LogP contribution is 2.24. The number of hydrogen-bond acceptors (Lipinski definition) is 3. The number of rotatable bonds is 4. The van der Waals surface area contributed by atoms with Gasteiger partial charge in [-0.15, -0.1) is 11.3 Å². The normalized spacial score (nSPS) is 10.3. The van der Waals surface area contributed by atoms with E-state index in [0.29, 0.717) is 11.4 Å². The SMILES string of the molecule is O=C(NCc1ccccc1)c1cnc(-c2ccccc2)s1. The van der Waals surface area contributed by atoms with E-state index in [-0.39, 0.29) is 5.91 Å². The molecule has 4 heteroatoms. The molecule has 0 aliphatic rings. The van der Waals surface area contributed by atoms with Crippen LogP contribution in [0.2, 0.25) is 0 Å². The molecule has 0 saturated carbocycles. The number of aromatic nitrogens is 1. The van der Waals surface area contributed by atoms with Crippen LogP contribution in [0.1, 0.15) is 15.2 Å². The van der Waals surface area contributed by atoms with Gasteiger partial charge in [0.05, 0.1) is 6.20 Å². The lowest BCUT2D eigenvalue weighted by Gasteiger charge is -2.02. The van der Waals surface area contributed by atoms with Crippen LogP contribution in [0, 0.1) is 0 Å². The molecule has 1 N–H and O–H groups in total. The molecule has 0 saturated heterocycles. The second-order valence-corrected chi connectivity index (χ2v) is 5.59. The van der Waals surface area contributed by atoms with Crippen LogP contribution >= 0.6 is 11.3 Å². The van der Waals surface area contributed by atoms with Gasteiger partial charge in [-0.25, -0.2) is 4.98 Å². The quantitative estimate of drug-likeness (QED) is 0.796. The largest absolute Gasteiger partial charge is 0.347 e. The fourth-order valence-corrected chi connectivity index (χ4v) is 2.80. The second-order valence-electron chi connectivity index (χ2n) is 4.56. The third-order valence-corrected chi connectivity index (χ3v) is 4.09. The van der Waals surface area contributed by atoms with E-state index < -0.39 is 0 Å². The second kappa shape index (κ2) is 6.33. The minimum atomic E-state index is -0.0847. The number of carbonyl (C=O) groups is 1. The molecular formula is C17H14N2OS. The zero-order valence-corrected chi connectivity index (χ0v) is 12.1. The Balaban J connectivity index is 1.67. The van der Waals surface area contributed by atoms with Crippen LogP contribution in [0.4, 0.5) is 0 Å².